The highest BCUT2D eigenvalue weighted by molar-refractivity contribution is 5.71. The average Bonchev–Trinajstić information content (AvgIpc) is 3.47. The highest BCUT2D eigenvalue weighted by Crippen LogP contribution is 2.15. The van der Waals surface area contributed by atoms with Crippen molar-refractivity contribution in [3.8, 4) is 0 Å². The Morgan fingerprint density at radius 1 is 0.259 bits per heavy atom. The minimum Gasteiger partial charge on any atom is -0.462 e. The molecule has 0 bridgehead atoms. The van der Waals surface area contributed by atoms with Gasteiger partial charge in [-0.05, 0) is 141 Å². The second-order valence-corrected chi connectivity index (χ2v) is 21.6. The van der Waals surface area contributed by atoms with Crippen molar-refractivity contribution in [2.24, 2.45) is 0 Å². The lowest BCUT2D eigenvalue weighted by molar-refractivity contribution is -0.167. The number of rotatable bonds is 59. The molecule has 6 nitrogen and oxygen atoms in total. The Morgan fingerprint density at radius 2 is 0.481 bits per heavy atom. The zero-order valence-corrected chi connectivity index (χ0v) is 52.5. The summed E-state index contributed by atoms with van der Waals surface area (Å²) in [7, 11) is 0. The van der Waals surface area contributed by atoms with Gasteiger partial charge >= 0.3 is 17.9 Å². The zero-order chi connectivity index (χ0) is 58.5. The molecule has 0 aliphatic heterocycles. The summed E-state index contributed by atoms with van der Waals surface area (Å²) in [5, 5.41) is 0. The Hall–Kier alpha value is -4.71. The predicted octanol–water partition coefficient (Wildman–Crippen LogP) is 23.1. The highest BCUT2D eigenvalue weighted by Gasteiger charge is 2.19. The molecule has 0 aliphatic rings. The lowest BCUT2D eigenvalue weighted by Gasteiger charge is -2.18. The Morgan fingerprint density at radius 3 is 0.753 bits per heavy atom. The number of carbonyl (C=O) groups excluding carboxylic acids is 3. The third-order valence-corrected chi connectivity index (χ3v) is 13.8. The van der Waals surface area contributed by atoms with Crippen LogP contribution in [0.1, 0.15) is 290 Å². The van der Waals surface area contributed by atoms with Crippen LogP contribution in [0.25, 0.3) is 0 Å². The van der Waals surface area contributed by atoms with Crippen LogP contribution in [0.3, 0.4) is 0 Å². The van der Waals surface area contributed by atoms with Crippen molar-refractivity contribution in [1.29, 1.82) is 0 Å². The molecule has 0 aromatic rings. The van der Waals surface area contributed by atoms with E-state index < -0.39 is 6.10 Å². The third-order valence-electron chi connectivity index (χ3n) is 13.8. The molecule has 6 heteroatoms. The maximum Gasteiger partial charge on any atom is 0.306 e. The van der Waals surface area contributed by atoms with Crippen LogP contribution in [0.15, 0.2) is 146 Å². The lowest BCUT2D eigenvalue weighted by Crippen LogP contribution is -2.30. The van der Waals surface area contributed by atoms with Crippen molar-refractivity contribution in [2.75, 3.05) is 13.2 Å². The van der Waals surface area contributed by atoms with Gasteiger partial charge in [0.05, 0.1) is 0 Å². The van der Waals surface area contributed by atoms with Crippen molar-refractivity contribution < 1.29 is 28.6 Å². The first-order chi connectivity index (χ1) is 40.0. The Bertz CT molecular complexity index is 1760. The summed E-state index contributed by atoms with van der Waals surface area (Å²) in [4.78, 5) is 38.4. The molecule has 0 N–H and O–H groups in total. The number of hydrogen-bond acceptors (Lipinski definition) is 6. The number of allylic oxidation sites excluding steroid dienone is 24. The standard InChI is InChI=1S/C75H122O6/c1-4-7-10-13-16-19-22-25-28-31-34-36-37-39-41-44-47-50-53-56-59-62-65-68-74(77)80-71-72(70-79-73(76)67-64-61-58-55-52-49-46-43-40-33-30-27-24-21-18-15-12-9-6-3)81-75(78)69-66-63-60-57-54-51-48-45-42-38-35-32-29-26-23-20-17-14-11-8-5-2/h7,9-10,12,16,18-19,21,23,25-28,30,32,34-36,39-43,45,72H,4-6,8,11,13-15,17,20,22,24,29,31,33,37-38,44,46-71H2,1-3H3/b10-7-,12-9-,19-16-,21-18-,26-23-,28-25-,30-27-,35-32-,36-34-,41-39-,43-40-,45-42-. The first-order valence-electron chi connectivity index (χ1n) is 33.3. The maximum atomic E-state index is 12.9. The van der Waals surface area contributed by atoms with Gasteiger partial charge in [0.2, 0.25) is 0 Å². The SMILES string of the molecule is CC/C=C\C/C=C\C/C=C\C/C=C\C/C=C\CCCCCCCCCC(=O)OCC(COC(=O)CCCCCCCC/C=C\C/C=C\C/C=C\C/C=C\CC)OC(=O)CCCCCCCC/C=C\C/C=C\C/C=C\CCCCCCC. The molecule has 458 valence electrons. The van der Waals surface area contributed by atoms with E-state index in [-0.39, 0.29) is 31.1 Å². The number of ether oxygens (including phenoxy) is 3. The maximum absolute atomic E-state index is 12.9. The van der Waals surface area contributed by atoms with Crippen LogP contribution in [0, 0.1) is 0 Å². The van der Waals surface area contributed by atoms with Gasteiger partial charge in [-0.15, -0.1) is 0 Å². The minimum atomic E-state index is -0.805. The molecule has 0 rings (SSSR count). The average molecular weight is 1120 g/mol. The number of unbranched alkanes of at least 4 members (excludes halogenated alkanes) is 24. The van der Waals surface area contributed by atoms with E-state index in [9.17, 15) is 14.4 Å². The van der Waals surface area contributed by atoms with Gasteiger partial charge in [-0.2, -0.15) is 0 Å². The molecule has 81 heavy (non-hydrogen) atoms. The summed E-state index contributed by atoms with van der Waals surface area (Å²) >= 11 is 0. The largest absolute Gasteiger partial charge is 0.462 e. The molecule has 0 amide bonds. The molecule has 1 unspecified atom stereocenters. The number of esters is 3. The van der Waals surface area contributed by atoms with E-state index >= 15 is 0 Å². The lowest BCUT2D eigenvalue weighted by atomic mass is 10.1. The van der Waals surface area contributed by atoms with Crippen LogP contribution >= 0.6 is 0 Å². The van der Waals surface area contributed by atoms with Gasteiger partial charge in [-0.25, -0.2) is 0 Å². The molecular formula is C75H122O6. The smallest absolute Gasteiger partial charge is 0.306 e. The second kappa shape index (κ2) is 67.8. The Kier molecular flexibility index (Phi) is 63.9. The first kappa shape index (κ1) is 76.3. The zero-order valence-electron chi connectivity index (χ0n) is 52.5. The molecule has 1 atom stereocenters. The minimum absolute atomic E-state index is 0.0992. The Labute approximate surface area is 499 Å². The first-order valence-corrected chi connectivity index (χ1v) is 33.3. The van der Waals surface area contributed by atoms with Crippen LogP contribution in [0.4, 0.5) is 0 Å². The van der Waals surface area contributed by atoms with E-state index in [0.717, 1.165) is 161 Å². The van der Waals surface area contributed by atoms with Crippen molar-refractivity contribution in [1.82, 2.24) is 0 Å². The fourth-order valence-electron chi connectivity index (χ4n) is 8.88. The van der Waals surface area contributed by atoms with E-state index in [1.165, 1.54) is 89.9 Å². The van der Waals surface area contributed by atoms with E-state index in [1.54, 1.807) is 0 Å². The molecule has 0 saturated carbocycles. The molecule has 0 heterocycles. The summed E-state index contributed by atoms with van der Waals surface area (Å²) in [5.41, 5.74) is 0. The molecular weight excluding hydrogens is 997 g/mol. The summed E-state index contributed by atoms with van der Waals surface area (Å²) in [6.45, 7) is 6.38. The fraction of sp³-hybridized carbons (Fsp3) is 0.640. The highest BCUT2D eigenvalue weighted by atomic mass is 16.6. The van der Waals surface area contributed by atoms with E-state index in [0.29, 0.717) is 19.3 Å². The third kappa shape index (κ3) is 66.0. The van der Waals surface area contributed by atoms with Gasteiger partial charge in [0.1, 0.15) is 13.2 Å². The molecule has 0 aromatic carbocycles. The van der Waals surface area contributed by atoms with E-state index in [4.69, 9.17) is 14.2 Å². The normalized spacial score (nSPS) is 13.1. The molecule has 0 aliphatic carbocycles. The number of hydrogen-bond donors (Lipinski definition) is 0. The van der Waals surface area contributed by atoms with Gasteiger partial charge in [-0.3, -0.25) is 14.4 Å². The molecule has 0 spiro atoms. The van der Waals surface area contributed by atoms with Gasteiger partial charge in [0, 0.05) is 19.3 Å². The quantitative estimate of drug-likeness (QED) is 0.0261. The summed E-state index contributed by atoms with van der Waals surface area (Å²) < 4.78 is 16.9. The number of carbonyl (C=O) groups is 3. The predicted molar refractivity (Wildman–Crippen MR) is 352 cm³/mol. The van der Waals surface area contributed by atoms with Gasteiger partial charge < -0.3 is 14.2 Å². The second-order valence-electron chi connectivity index (χ2n) is 21.6. The van der Waals surface area contributed by atoms with E-state index in [2.05, 4.69) is 167 Å². The molecule has 0 aromatic heterocycles. The van der Waals surface area contributed by atoms with Gasteiger partial charge in [-0.1, -0.05) is 276 Å². The van der Waals surface area contributed by atoms with Crippen molar-refractivity contribution >= 4 is 17.9 Å². The van der Waals surface area contributed by atoms with Crippen molar-refractivity contribution in [3.05, 3.63) is 146 Å². The van der Waals surface area contributed by atoms with Gasteiger partial charge in [0.15, 0.2) is 6.10 Å². The molecule has 0 saturated heterocycles. The van der Waals surface area contributed by atoms with Crippen LogP contribution in [-0.2, 0) is 28.6 Å². The van der Waals surface area contributed by atoms with Crippen LogP contribution in [0.2, 0.25) is 0 Å². The summed E-state index contributed by atoms with van der Waals surface area (Å²) in [6, 6.07) is 0. The topological polar surface area (TPSA) is 78.9 Å². The van der Waals surface area contributed by atoms with Crippen molar-refractivity contribution in [2.45, 2.75) is 297 Å². The van der Waals surface area contributed by atoms with Crippen molar-refractivity contribution in [3.63, 3.8) is 0 Å². The van der Waals surface area contributed by atoms with Crippen LogP contribution in [-0.4, -0.2) is 37.2 Å². The van der Waals surface area contributed by atoms with Crippen LogP contribution < -0.4 is 0 Å². The molecule has 0 radical (unpaired) electrons. The summed E-state index contributed by atoms with van der Waals surface area (Å²) in [5.74, 6) is -0.933. The fourth-order valence-corrected chi connectivity index (χ4v) is 8.88. The molecule has 0 fully saturated rings. The summed E-state index contributed by atoms with van der Waals surface area (Å²) in [6.07, 6.45) is 97.0. The van der Waals surface area contributed by atoms with Crippen LogP contribution in [0.5, 0.6) is 0 Å². The van der Waals surface area contributed by atoms with Gasteiger partial charge in [0.25, 0.3) is 0 Å². The monoisotopic (exact) mass is 1120 g/mol. The Balaban J connectivity index is 4.49. The van der Waals surface area contributed by atoms with E-state index in [1.807, 2.05) is 0 Å².